The maximum absolute atomic E-state index is 11.9. The number of thiazole rings is 1. The lowest BCUT2D eigenvalue weighted by molar-refractivity contribution is 0.0687. The van der Waals surface area contributed by atoms with Gasteiger partial charge >= 0.3 is 5.97 Å². The van der Waals surface area contributed by atoms with Crippen LogP contribution < -0.4 is 4.72 Å². The van der Waals surface area contributed by atoms with E-state index in [9.17, 15) is 13.2 Å². The number of carboxylic acid groups (broad SMARTS) is 1. The molecule has 0 unspecified atom stereocenters. The lowest BCUT2D eigenvalue weighted by Crippen LogP contribution is -2.27. The maximum Gasteiger partial charge on any atom is 0.356 e. The Morgan fingerprint density at radius 2 is 2.26 bits per heavy atom. The van der Waals surface area contributed by atoms with Crippen LogP contribution in [0, 0.1) is 0 Å². The summed E-state index contributed by atoms with van der Waals surface area (Å²) < 4.78 is 25.8. The number of hydrogen-bond acceptors (Lipinski definition) is 6. The first-order valence-electron chi connectivity index (χ1n) is 5.15. The van der Waals surface area contributed by atoms with E-state index in [1.165, 1.54) is 5.51 Å². The van der Waals surface area contributed by atoms with Gasteiger partial charge in [0.15, 0.2) is 9.90 Å². The van der Waals surface area contributed by atoms with Crippen LogP contribution in [0.3, 0.4) is 0 Å². The Labute approximate surface area is 112 Å². The fraction of sp³-hybridized carbons (Fsp3) is 0.222. The van der Waals surface area contributed by atoms with Gasteiger partial charge in [-0.05, 0) is 0 Å². The number of imidazole rings is 1. The number of nitrogens with zero attached hydrogens (tertiary/aromatic N) is 2. The molecule has 0 amide bonds. The molecular formula is C9H10N4O4S2. The molecule has 0 saturated carbocycles. The molecule has 2 rings (SSSR count). The van der Waals surface area contributed by atoms with Crippen LogP contribution in [0.15, 0.2) is 22.1 Å². The topological polar surface area (TPSA) is 125 Å². The summed E-state index contributed by atoms with van der Waals surface area (Å²) in [6.45, 7) is 0.118. The van der Waals surface area contributed by atoms with Crippen molar-refractivity contribution in [2.75, 3.05) is 6.54 Å². The van der Waals surface area contributed by atoms with Crippen LogP contribution in [0.4, 0.5) is 0 Å². The number of carbonyl (C=O) groups is 1. The van der Waals surface area contributed by atoms with Crippen LogP contribution in [-0.4, -0.2) is 41.0 Å². The standard InChI is InChI=1S/C9H10N4O4S2/c14-8(15)7-9(18-5-12-7)19(16,17)13-2-1-6-10-3-4-11-6/h3-5,13H,1-2H2,(H,10,11)(H,14,15). The van der Waals surface area contributed by atoms with Crippen molar-refractivity contribution in [1.82, 2.24) is 19.7 Å². The molecule has 0 bridgehead atoms. The van der Waals surface area contributed by atoms with E-state index in [1.807, 2.05) is 0 Å². The second-order valence-electron chi connectivity index (χ2n) is 3.48. The highest BCUT2D eigenvalue weighted by Gasteiger charge is 2.25. The number of H-pyrrole nitrogens is 1. The van der Waals surface area contributed by atoms with Crippen LogP contribution in [0.25, 0.3) is 0 Å². The van der Waals surface area contributed by atoms with Gasteiger partial charge in [-0.25, -0.2) is 27.9 Å². The molecule has 0 fully saturated rings. The van der Waals surface area contributed by atoms with Gasteiger partial charge in [-0.15, -0.1) is 11.3 Å². The van der Waals surface area contributed by atoms with Crippen LogP contribution >= 0.6 is 11.3 Å². The average molecular weight is 302 g/mol. The zero-order valence-electron chi connectivity index (χ0n) is 9.53. The van der Waals surface area contributed by atoms with Gasteiger partial charge in [-0.1, -0.05) is 0 Å². The summed E-state index contributed by atoms with van der Waals surface area (Å²) in [6, 6.07) is 0. The van der Waals surface area contributed by atoms with Gasteiger partial charge in [0.2, 0.25) is 0 Å². The molecule has 0 aliphatic rings. The van der Waals surface area contributed by atoms with Crippen molar-refractivity contribution in [1.29, 1.82) is 0 Å². The van der Waals surface area contributed by atoms with Gasteiger partial charge in [0.1, 0.15) is 5.82 Å². The second-order valence-corrected chi connectivity index (χ2v) is 6.29. The van der Waals surface area contributed by atoms with E-state index in [-0.39, 0.29) is 10.8 Å². The van der Waals surface area contributed by atoms with E-state index in [1.54, 1.807) is 12.4 Å². The van der Waals surface area contributed by atoms with Crippen molar-refractivity contribution in [3.8, 4) is 0 Å². The highest BCUT2D eigenvalue weighted by atomic mass is 32.2. The number of aromatic carboxylic acids is 1. The Balaban J connectivity index is 2.06. The molecule has 0 aliphatic carbocycles. The van der Waals surface area contributed by atoms with Crippen molar-refractivity contribution in [2.24, 2.45) is 0 Å². The number of rotatable bonds is 6. The number of nitrogens with one attached hydrogen (secondary N) is 2. The average Bonchev–Trinajstić information content (AvgIpc) is 2.99. The number of carboxylic acids is 1. The maximum atomic E-state index is 11.9. The molecule has 0 spiro atoms. The van der Waals surface area contributed by atoms with Crippen LogP contribution in [-0.2, 0) is 16.4 Å². The minimum Gasteiger partial charge on any atom is -0.476 e. The summed E-state index contributed by atoms with van der Waals surface area (Å²) in [4.78, 5) is 21.1. The summed E-state index contributed by atoms with van der Waals surface area (Å²) in [6.07, 6.45) is 3.58. The van der Waals surface area contributed by atoms with Gasteiger partial charge in [-0.2, -0.15) is 0 Å². The normalized spacial score (nSPS) is 11.6. The van der Waals surface area contributed by atoms with Crippen molar-refractivity contribution in [2.45, 2.75) is 10.6 Å². The SMILES string of the molecule is O=C(O)c1ncsc1S(=O)(=O)NCCc1ncc[nH]1. The Hall–Kier alpha value is -1.78. The lowest BCUT2D eigenvalue weighted by Gasteiger charge is -2.04. The Morgan fingerprint density at radius 1 is 1.47 bits per heavy atom. The van der Waals surface area contributed by atoms with E-state index in [2.05, 4.69) is 19.7 Å². The molecule has 0 aliphatic heterocycles. The largest absolute Gasteiger partial charge is 0.476 e. The Bertz CT molecular complexity index is 662. The van der Waals surface area contributed by atoms with Gasteiger partial charge < -0.3 is 10.1 Å². The van der Waals surface area contributed by atoms with E-state index in [4.69, 9.17) is 5.11 Å². The summed E-state index contributed by atoms with van der Waals surface area (Å²) in [7, 11) is -3.86. The monoisotopic (exact) mass is 302 g/mol. The Morgan fingerprint density at radius 3 is 2.89 bits per heavy atom. The van der Waals surface area contributed by atoms with Crippen molar-refractivity contribution >= 4 is 27.3 Å². The molecule has 8 nitrogen and oxygen atoms in total. The minimum absolute atomic E-state index is 0.118. The van der Waals surface area contributed by atoms with Crippen LogP contribution in [0.2, 0.25) is 0 Å². The van der Waals surface area contributed by atoms with Gasteiger partial charge in [0.05, 0.1) is 5.51 Å². The first-order chi connectivity index (χ1) is 9.00. The van der Waals surface area contributed by atoms with Gasteiger partial charge in [0, 0.05) is 25.4 Å². The molecule has 2 aromatic rings. The first-order valence-corrected chi connectivity index (χ1v) is 7.51. The fourth-order valence-corrected chi connectivity index (χ4v) is 3.59. The molecular weight excluding hydrogens is 292 g/mol. The zero-order chi connectivity index (χ0) is 13.9. The molecule has 102 valence electrons. The minimum atomic E-state index is -3.86. The van der Waals surface area contributed by atoms with Crippen LogP contribution in [0.1, 0.15) is 16.3 Å². The summed E-state index contributed by atoms with van der Waals surface area (Å²) in [5.74, 6) is -0.724. The summed E-state index contributed by atoms with van der Waals surface area (Å²) in [5.41, 5.74) is 0.723. The van der Waals surface area contributed by atoms with Crippen molar-refractivity contribution in [3.05, 3.63) is 29.4 Å². The predicted octanol–water partition coefficient (Wildman–Crippen LogP) is 0.0854. The first kappa shape index (κ1) is 13.6. The van der Waals surface area contributed by atoms with Gasteiger partial charge in [0.25, 0.3) is 10.0 Å². The second kappa shape index (κ2) is 5.47. The predicted molar refractivity (Wildman–Crippen MR) is 66.6 cm³/mol. The summed E-state index contributed by atoms with van der Waals surface area (Å²) in [5, 5.41) is 8.83. The molecule has 0 atom stereocenters. The number of sulfonamides is 1. The molecule has 2 heterocycles. The molecule has 0 saturated heterocycles. The van der Waals surface area contributed by atoms with E-state index >= 15 is 0 Å². The van der Waals surface area contributed by atoms with Crippen molar-refractivity contribution < 1.29 is 18.3 Å². The van der Waals surface area contributed by atoms with E-state index in [0.29, 0.717) is 12.2 Å². The number of aromatic amines is 1. The lowest BCUT2D eigenvalue weighted by atomic mass is 10.4. The van der Waals surface area contributed by atoms with Gasteiger partial charge in [-0.3, -0.25) is 0 Å². The molecule has 3 N–H and O–H groups in total. The molecule has 19 heavy (non-hydrogen) atoms. The summed E-state index contributed by atoms with van der Waals surface area (Å²) >= 11 is 0.767. The third-order valence-electron chi connectivity index (χ3n) is 2.19. The molecule has 10 heteroatoms. The Kier molecular flexibility index (Phi) is 3.93. The van der Waals surface area contributed by atoms with E-state index in [0.717, 1.165) is 11.3 Å². The number of hydrogen-bond donors (Lipinski definition) is 3. The molecule has 0 aromatic carbocycles. The van der Waals surface area contributed by atoms with E-state index < -0.39 is 21.7 Å². The zero-order valence-corrected chi connectivity index (χ0v) is 11.2. The third kappa shape index (κ3) is 3.16. The smallest absolute Gasteiger partial charge is 0.356 e. The van der Waals surface area contributed by atoms with Crippen LogP contribution in [0.5, 0.6) is 0 Å². The third-order valence-corrected chi connectivity index (χ3v) is 5.02. The quantitative estimate of drug-likeness (QED) is 0.694. The molecule has 0 radical (unpaired) electrons. The highest BCUT2D eigenvalue weighted by molar-refractivity contribution is 7.91. The fourth-order valence-electron chi connectivity index (χ4n) is 1.37. The number of aromatic nitrogens is 3. The van der Waals surface area contributed by atoms with Crippen molar-refractivity contribution in [3.63, 3.8) is 0 Å². The molecule has 2 aromatic heterocycles. The highest BCUT2D eigenvalue weighted by Crippen LogP contribution is 2.19.